The number of nitrogens with zero attached hydrogens (tertiary/aromatic N) is 2. The Labute approximate surface area is 132 Å². The molecule has 0 aliphatic carbocycles. The third kappa shape index (κ3) is 3.83. The van der Waals surface area contributed by atoms with E-state index < -0.39 is 0 Å². The zero-order chi connectivity index (χ0) is 15.2. The molecule has 0 aromatic carbocycles. The van der Waals surface area contributed by atoms with Gasteiger partial charge in [0.25, 0.3) is 5.91 Å². The highest BCUT2D eigenvalue weighted by Gasteiger charge is 2.25. The minimum absolute atomic E-state index is 0.189. The van der Waals surface area contributed by atoms with E-state index in [1.807, 2.05) is 4.90 Å². The highest BCUT2D eigenvalue weighted by Crippen LogP contribution is 2.31. The summed E-state index contributed by atoms with van der Waals surface area (Å²) in [6, 6.07) is 0. The highest BCUT2D eigenvalue weighted by molar-refractivity contribution is 7.13. The van der Waals surface area contributed by atoms with Crippen LogP contribution < -0.4 is 5.32 Å². The summed E-state index contributed by atoms with van der Waals surface area (Å²) in [5.41, 5.74) is 1.02. The first-order chi connectivity index (χ1) is 10.2. The first-order valence-corrected chi connectivity index (χ1v) is 9.02. The fourth-order valence-corrected chi connectivity index (χ4v) is 4.11. The number of hydrogen-bond donors (Lipinski definition) is 1. The maximum Gasteiger partial charge on any atom is 0.265 e. The quantitative estimate of drug-likeness (QED) is 0.878. The van der Waals surface area contributed by atoms with Gasteiger partial charge in [-0.25, -0.2) is 4.98 Å². The number of carbonyl (C=O) groups is 1. The van der Waals surface area contributed by atoms with Gasteiger partial charge in [-0.05, 0) is 19.3 Å². The van der Waals surface area contributed by atoms with E-state index in [1.165, 1.54) is 0 Å². The van der Waals surface area contributed by atoms with Crippen molar-refractivity contribution >= 4 is 17.2 Å². The van der Waals surface area contributed by atoms with Gasteiger partial charge in [0, 0.05) is 32.1 Å². The maximum absolute atomic E-state index is 12.8. The summed E-state index contributed by atoms with van der Waals surface area (Å²) in [5, 5.41) is 4.45. The van der Waals surface area contributed by atoms with Crippen LogP contribution in [-0.4, -0.2) is 42.0 Å². The molecule has 0 unspecified atom stereocenters. The van der Waals surface area contributed by atoms with E-state index in [2.05, 4.69) is 26.1 Å². The Balaban J connectivity index is 2.25. The molecule has 0 spiro atoms. The Morgan fingerprint density at radius 2 is 1.95 bits per heavy atom. The fraction of sp³-hybridized carbons (Fsp3) is 0.750. The molecule has 0 radical (unpaired) electrons. The second kappa shape index (κ2) is 7.90. The van der Waals surface area contributed by atoms with Gasteiger partial charge >= 0.3 is 0 Å². The third-order valence-corrected chi connectivity index (χ3v) is 5.38. The summed E-state index contributed by atoms with van der Waals surface area (Å²) in [4.78, 5) is 20.5. The van der Waals surface area contributed by atoms with Gasteiger partial charge in [-0.3, -0.25) is 4.79 Å². The largest absolute Gasteiger partial charge is 0.335 e. The van der Waals surface area contributed by atoms with Crippen LogP contribution in [0.15, 0.2) is 0 Å². The molecule has 1 aliphatic heterocycles. The Morgan fingerprint density at radius 3 is 2.52 bits per heavy atom. The molecule has 1 aromatic heterocycles. The van der Waals surface area contributed by atoms with E-state index in [0.717, 1.165) is 67.4 Å². The average molecular weight is 309 g/mol. The molecule has 118 valence electrons. The number of piperazine rings is 1. The predicted octanol–water partition coefficient (Wildman–Crippen LogP) is 3.04. The Bertz CT molecular complexity index is 462. The summed E-state index contributed by atoms with van der Waals surface area (Å²) >= 11 is 1.64. The van der Waals surface area contributed by atoms with E-state index in [4.69, 9.17) is 4.98 Å². The number of nitrogens with one attached hydrogen (secondary N) is 1. The van der Waals surface area contributed by atoms with Crippen LogP contribution in [0.5, 0.6) is 0 Å². The summed E-state index contributed by atoms with van der Waals surface area (Å²) in [5.74, 6) is 0.685. The van der Waals surface area contributed by atoms with Gasteiger partial charge in [-0.1, -0.05) is 27.2 Å². The van der Waals surface area contributed by atoms with Crippen molar-refractivity contribution in [1.82, 2.24) is 15.2 Å². The van der Waals surface area contributed by atoms with Crippen molar-refractivity contribution in [2.24, 2.45) is 0 Å². The van der Waals surface area contributed by atoms with Crippen LogP contribution in [0.3, 0.4) is 0 Å². The van der Waals surface area contributed by atoms with Crippen molar-refractivity contribution in [2.45, 2.75) is 52.4 Å². The van der Waals surface area contributed by atoms with Crippen LogP contribution in [0, 0.1) is 0 Å². The molecular formula is C16H27N3OS. The predicted molar refractivity (Wildman–Crippen MR) is 88.2 cm³/mol. The van der Waals surface area contributed by atoms with E-state index >= 15 is 0 Å². The van der Waals surface area contributed by atoms with Crippen LogP contribution >= 0.6 is 11.3 Å². The molecule has 0 saturated carbocycles. The summed E-state index contributed by atoms with van der Waals surface area (Å²) in [6.45, 7) is 9.96. The monoisotopic (exact) mass is 309 g/mol. The first kappa shape index (κ1) is 16.4. The fourth-order valence-electron chi connectivity index (χ4n) is 2.77. The summed E-state index contributed by atoms with van der Waals surface area (Å²) < 4.78 is 0. The molecule has 2 rings (SSSR count). The molecular weight excluding hydrogens is 282 g/mol. The molecule has 1 N–H and O–H groups in total. The summed E-state index contributed by atoms with van der Waals surface area (Å²) in [7, 11) is 0. The van der Waals surface area contributed by atoms with Gasteiger partial charge in [-0.2, -0.15) is 0 Å². The topological polar surface area (TPSA) is 45.2 Å². The van der Waals surface area contributed by atoms with E-state index in [-0.39, 0.29) is 5.91 Å². The molecule has 1 saturated heterocycles. The van der Waals surface area contributed by atoms with Crippen molar-refractivity contribution in [2.75, 3.05) is 26.2 Å². The van der Waals surface area contributed by atoms with Gasteiger partial charge in [0.2, 0.25) is 0 Å². The Kier molecular flexibility index (Phi) is 6.18. The molecule has 1 fully saturated rings. The number of amides is 1. The molecule has 1 amide bonds. The van der Waals surface area contributed by atoms with Crippen molar-refractivity contribution < 1.29 is 4.79 Å². The highest BCUT2D eigenvalue weighted by atomic mass is 32.1. The molecule has 0 atom stereocenters. The number of carbonyl (C=O) groups excluding carboxylic acids is 1. The van der Waals surface area contributed by atoms with Crippen molar-refractivity contribution in [3.05, 3.63) is 15.6 Å². The second-order valence-corrected chi connectivity index (χ2v) is 6.66. The number of thiazole rings is 1. The van der Waals surface area contributed by atoms with Gasteiger partial charge in [-0.15, -0.1) is 11.3 Å². The van der Waals surface area contributed by atoms with Crippen LogP contribution in [0.25, 0.3) is 0 Å². The summed E-state index contributed by atoms with van der Waals surface area (Å²) in [6.07, 6.45) is 4.13. The number of aryl methyl sites for hydroxylation is 1. The number of rotatable bonds is 6. The second-order valence-electron chi connectivity index (χ2n) is 5.63. The van der Waals surface area contributed by atoms with E-state index in [1.54, 1.807) is 11.3 Å². The normalized spacial score (nSPS) is 15.7. The average Bonchev–Trinajstić information content (AvgIpc) is 2.93. The zero-order valence-electron chi connectivity index (χ0n) is 13.4. The molecule has 1 aliphatic rings. The van der Waals surface area contributed by atoms with Crippen molar-refractivity contribution in [1.29, 1.82) is 0 Å². The Hall–Kier alpha value is -0.940. The van der Waals surface area contributed by atoms with Gasteiger partial charge in [0.05, 0.1) is 10.7 Å². The van der Waals surface area contributed by atoms with Crippen molar-refractivity contribution in [3.63, 3.8) is 0 Å². The van der Waals surface area contributed by atoms with Crippen molar-refractivity contribution in [3.8, 4) is 0 Å². The zero-order valence-corrected chi connectivity index (χ0v) is 14.3. The van der Waals surface area contributed by atoms with Crippen LogP contribution in [0.1, 0.15) is 66.3 Å². The minimum atomic E-state index is 0.189. The number of aromatic nitrogens is 1. The molecule has 0 bridgehead atoms. The van der Waals surface area contributed by atoms with Gasteiger partial charge < -0.3 is 10.2 Å². The molecule has 1 aromatic rings. The van der Waals surface area contributed by atoms with E-state index in [0.29, 0.717) is 5.92 Å². The third-order valence-electron chi connectivity index (χ3n) is 4.13. The lowest BCUT2D eigenvalue weighted by Crippen LogP contribution is -2.46. The Morgan fingerprint density at radius 1 is 1.29 bits per heavy atom. The lowest BCUT2D eigenvalue weighted by Gasteiger charge is -2.27. The molecule has 2 heterocycles. The lowest BCUT2D eigenvalue weighted by molar-refractivity contribution is 0.0739. The van der Waals surface area contributed by atoms with Crippen LogP contribution in [-0.2, 0) is 6.42 Å². The van der Waals surface area contributed by atoms with E-state index in [9.17, 15) is 4.79 Å². The SMILES string of the molecule is CCCc1nc(C(CC)CC)sc1C(=O)N1CCNCC1. The standard InChI is InChI=1S/C16H27N3OS/c1-4-7-13-14(16(20)19-10-8-17-9-11-19)21-15(18-13)12(5-2)6-3/h12,17H,4-11H2,1-3H3. The van der Waals surface area contributed by atoms with Gasteiger partial charge in [0.1, 0.15) is 4.88 Å². The number of hydrogen-bond acceptors (Lipinski definition) is 4. The molecule has 4 nitrogen and oxygen atoms in total. The molecule has 5 heteroatoms. The lowest BCUT2D eigenvalue weighted by atomic mass is 10.1. The van der Waals surface area contributed by atoms with Crippen LogP contribution in [0.2, 0.25) is 0 Å². The maximum atomic E-state index is 12.8. The van der Waals surface area contributed by atoms with Gasteiger partial charge in [0.15, 0.2) is 0 Å². The minimum Gasteiger partial charge on any atom is -0.335 e. The first-order valence-electron chi connectivity index (χ1n) is 8.20. The molecule has 21 heavy (non-hydrogen) atoms. The smallest absolute Gasteiger partial charge is 0.265 e. The van der Waals surface area contributed by atoms with Crippen LogP contribution in [0.4, 0.5) is 0 Å².